The van der Waals surface area contributed by atoms with Gasteiger partial charge >= 0.3 is 5.97 Å². The topological polar surface area (TPSA) is 107 Å². The third-order valence-corrected chi connectivity index (χ3v) is 6.14. The Bertz CT molecular complexity index is 934. The lowest BCUT2D eigenvalue weighted by Crippen LogP contribution is -2.31. The van der Waals surface area contributed by atoms with E-state index in [4.69, 9.17) is 9.88 Å². The number of carbonyl (C=O) groups is 2. The van der Waals surface area contributed by atoms with Gasteiger partial charge in [-0.25, -0.2) is 18.4 Å². The van der Waals surface area contributed by atoms with E-state index in [2.05, 4.69) is 0 Å². The van der Waals surface area contributed by atoms with Gasteiger partial charge < -0.3 is 9.64 Å². The molecule has 7 nitrogen and oxygen atoms in total. The zero-order chi connectivity index (χ0) is 19.5. The third kappa shape index (κ3) is 5.13. The van der Waals surface area contributed by atoms with Crippen LogP contribution < -0.4 is 5.14 Å². The van der Waals surface area contributed by atoms with E-state index in [1.165, 1.54) is 10.3 Å². The first kappa shape index (κ1) is 20.1. The van der Waals surface area contributed by atoms with Gasteiger partial charge in [0.25, 0.3) is 5.91 Å². The Labute approximate surface area is 156 Å². The van der Waals surface area contributed by atoms with Crippen molar-refractivity contribution >= 4 is 33.2 Å². The van der Waals surface area contributed by atoms with Crippen molar-refractivity contribution in [1.29, 1.82) is 0 Å². The van der Waals surface area contributed by atoms with E-state index in [9.17, 15) is 18.0 Å². The number of sulfonamides is 1. The molecule has 0 saturated carbocycles. The summed E-state index contributed by atoms with van der Waals surface area (Å²) in [6.07, 6.45) is 0. The molecule has 2 N–H and O–H groups in total. The van der Waals surface area contributed by atoms with Crippen LogP contribution in [-0.4, -0.2) is 38.8 Å². The summed E-state index contributed by atoms with van der Waals surface area (Å²) < 4.78 is 27.3. The van der Waals surface area contributed by atoms with Crippen LogP contribution in [0.4, 0.5) is 0 Å². The van der Waals surface area contributed by atoms with Crippen LogP contribution in [0.25, 0.3) is 0 Å². The summed E-state index contributed by atoms with van der Waals surface area (Å²) in [6, 6.07) is 7.10. The van der Waals surface area contributed by atoms with Crippen LogP contribution in [0.3, 0.4) is 0 Å². The molecular formula is C17H20N2O5S2. The highest BCUT2D eigenvalue weighted by Gasteiger charge is 2.18. The molecule has 140 valence electrons. The second kappa shape index (κ2) is 7.98. The van der Waals surface area contributed by atoms with Gasteiger partial charge in [-0.05, 0) is 31.0 Å². The predicted molar refractivity (Wildman–Crippen MR) is 98.4 cm³/mol. The second-order valence-corrected chi connectivity index (χ2v) is 8.65. The monoisotopic (exact) mass is 396 g/mol. The van der Waals surface area contributed by atoms with Crippen molar-refractivity contribution < 1.29 is 22.7 Å². The average molecular weight is 396 g/mol. The fourth-order valence-corrected chi connectivity index (χ4v) is 3.83. The summed E-state index contributed by atoms with van der Waals surface area (Å²) in [7, 11) is -2.24. The van der Waals surface area contributed by atoms with Crippen molar-refractivity contribution in [3.63, 3.8) is 0 Å². The number of esters is 1. The summed E-state index contributed by atoms with van der Waals surface area (Å²) in [6.45, 7) is 3.94. The highest BCUT2D eigenvalue weighted by Crippen LogP contribution is 2.19. The maximum atomic E-state index is 12.2. The Hall–Kier alpha value is -2.23. The number of ether oxygens (including phenoxy) is 1. The van der Waals surface area contributed by atoms with Crippen molar-refractivity contribution in [3.05, 3.63) is 51.9 Å². The molecule has 0 aliphatic carbocycles. The molecule has 0 bridgehead atoms. The van der Waals surface area contributed by atoms with Crippen LogP contribution in [0.1, 0.15) is 27.0 Å². The number of carbonyl (C=O) groups excluding carboxylic acids is 2. The van der Waals surface area contributed by atoms with Crippen molar-refractivity contribution in [1.82, 2.24) is 4.90 Å². The summed E-state index contributed by atoms with van der Waals surface area (Å²) in [5, 5.41) is 6.32. The van der Waals surface area contributed by atoms with Gasteiger partial charge in [0.1, 0.15) is 4.21 Å². The quantitative estimate of drug-likeness (QED) is 0.750. The van der Waals surface area contributed by atoms with Gasteiger partial charge in [-0.15, -0.1) is 11.3 Å². The molecule has 1 heterocycles. The molecule has 0 unspecified atom stereocenters. The van der Waals surface area contributed by atoms with Crippen molar-refractivity contribution in [2.24, 2.45) is 5.14 Å². The van der Waals surface area contributed by atoms with E-state index < -0.39 is 22.6 Å². The smallest absolute Gasteiger partial charge is 0.339 e. The molecule has 0 saturated heterocycles. The van der Waals surface area contributed by atoms with E-state index in [0.717, 1.165) is 34.1 Å². The second-order valence-electron chi connectivity index (χ2n) is 5.96. The minimum Gasteiger partial charge on any atom is -0.452 e. The van der Waals surface area contributed by atoms with E-state index in [1.54, 1.807) is 7.05 Å². The largest absolute Gasteiger partial charge is 0.452 e. The Morgan fingerprint density at radius 3 is 2.50 bits per heavy atom. The van der Waals surface area contributed by atoms with E-state index >= 15 is 0 Å². The molecule has 0 aliphatic rings. The van der Waals surface area contributed by atoms with Gasteiger partial charge in [0, 0.05) is 19.0 Å². The highest BCUT2D eigenvalue weighted by atomic mass is 32.2. The first-order valence-corrected chi connectivity index (χ1v) is 10.1. The number of benzene rings is 1. The molecular weight excluding hydrogens is 376 g/mol. The molecule has 0 radical (unpaired) electrons. The molecule has 2 aromatic rings. The summed E-state index contributed by atoms with van der Waals surface area (Å²) in [5.74, 6) is -1.13. The average Bonchev–Trinajstić information content (AvgIpc) is 3.05. The summed E-state index contributed by atoms with van der Waals surface area (Å²) in [4.78, 5) is 25.6. The van der Waals surface area contributed by atoms with Crippen molar-refractivity contribution in [3.8, 4) is 0 Å². The summed E-state index contributed by atoms with van der Waals surface area (Å²) >= 11 is 0.821. The molecule has 26 heavy (non-hydrogen) atoms. The molecule has 0 fully saturated rings. The van der Waals surface area contributed by atoms with E-state index in [0.29, 0.717) is 6.54 Å². The number of amides is 1. The first-order valence-electron chi connectivity index (χ1n) is 7.66. The fraction of sp³-hybridized carbons (Fsp3) is 0.294. The van der Waals surface area contributed by atoms with Gasteiger partial charge in [0.05, 0.1) is 5.56 Å². The molecule has 0 atom stereocenters. The van der Waals surface area contributed by atoms with Crippen LogP contribution in [0.2, 0.25) is 0 Å². The van der Waals surface area contributed by atoms with Crippen molar-refractivity contribution in [2.75, 3.05) is 13.7 Å². The van der Waals surface area contributed by atoms with Crippen LogP contribution in [0.15, 0.2) is 33.9 Å². The van der Waals surface area contributed by atoms with E-state index in [-0.39, 0.29) is 15.7 Å². The van der Waals surface area contributed by atoms with Crippen LogP contribution in [0.5, 0.6) is 0 Å². The van der Waals surface area contributed by atoms with Crippen molar-refractivity contribution in [2.45, 2.75) is 24.6 Å². The molecule has 1 aromatic heterocycles. The number of primary sulfonamides is 1. The number of rotatable bonds is 6. The number of hydrogen-bond donors (Lipinski definition) is 1. The number of aryl methyl sites for hydroxylation is 2. The van der Waals surface area contributed by atoms with Gasteiger partial charge in [-0.3, -0.25) is 4.79 Å². The SMILES string of the molecule is Cc1ccc(CN(C)C(=O)COC(=O)c2csc(S(N)(=O)=O)c2)c(C)c1. The minimum absolute atomic E-state index is 0.0452. The first-order chi connectivity index (χ1) is 12.1. The van der Waals surface area contributed by atoms with Crippen LogP contribution >= 0.6 is 11.3 Å². The molecule has 1 aromatic carbocycles. The molecule has 9 heteroatoms. The Kier molecular flexibility index (Phi) is 6.17. The van der Waals surface area contributed by atoms with Crippen LogP contribution in [0, 0.1) is 13.8 Å². The summed E-state index contributed by atoms with van der Waals surface area (Å²) in [5.41, 5.74) is 3.27. The lowest BCUT2D eigenvalue weighted by molar-refractivity contribution is -0.133. The van der Waals surface area contributed by atoms with E-state index in [1.807, 2.05) is 32.0 Å². The third-order valence-electron chi connectivity index (χ3n) is 3.75. The number of likely N-dealkylation sites (N-methyl/N-ethyl adjacent to an activating group) is 1. The maximum Gasteiger partial charge on any atom is 0.339 e. The zero-order valence-corrected chi connectivity index (χ0v) is 16.3. The minimum atomic E-state index is -3.87. The lowest BCUT2D eigenvalue weighted by atomic mass is 10.1. The van der Waals surface area contributed by atoms with Gasteiger partial charge in [0.15, 0.2) is 6.61 Å². The standard InChI is InChI=1S/C17H20N2O5S2/c1-11-4-5-13(12(2)6-11)8-19(3)15(20)9-24-17(21)14-7-16(25-10-14)26(18,22)23/h4-7,10H,8-9H2,1-3H3,(H2,18,22,23). The Balaban J connectivity index is 1.93. The molecule has 2 rings (SSSR count). The predicted octanol–water partition coefficient (Wildman–Crippen LogP) is 1.83. The number of hydrogen-bond acceptors (Lipinski definition) is 6. The molecule has 0 aliphatic heterocycles. The van der Waals surface area contributed by atoms with Gasteiger partial charge in [0.2, 0.25) is 10.0 Å². The number of thiophene rings is 1. The molecule has 0 spiro atoms. The lowest BCUT2D eigenvalue weighted by Gasteiger charge is -2.18. The Morgan fingerprint density at radius 2 is 1.92 bits per heavy atom. The van der Waals surface area contributed by atoms with Gasteiger partial charge in [-0.1, -0.05) is 23.8 Å². The van der Waals surface area contributed by atoms with Gasteiger partial charge in [-0.2, -0.15) is 0 Å². The number of nitrogens with zero attached hydrogens (tertiary/aromatic N) is 1. The highest BCUT2D eigenvalue weighted by molar-refractivity contribution is 7.91. The Morgan fingerprint density at radius 1 is 1.23 bits per heavy atom. The zero-order valence-electron chi connectivity index (χ0n) is 14.7. The maximum absolute atomic E-state index is 12.2. The number of nitrogens with two attached hydrogens (primary N) is 1. The fourth-order valence-electron chi connectivity index (χ4n) is 2.26. The van der Waals surface area contributed by atoms with Crippen LogP contribution in [-0.2, 0) is 26.1 Å². The molecule has 1 amide bonds. The normalized spacial score (nSPS) is 11.2.